The van der Waals surface area contributed by atoms with Gasteiger partial charge in [-0.3, -0.25) is 14.6 Å². The summed E-state index contributed by atoms with van der Waals surface area (Å²) >= 11 is 0. The van der Waals surface area contributed by atoms with Crippen LogP contribution in [0.15, 0.2) is 67.0 Å². The fourth-order valence-electron chi connectivity index (χ4n) is 3.96. The Morgan fingerprint density at radius 1 is 1.09 bits per heavy atom. The first kappa shape index (κ1) is 22.2. The Kier molecular flexibility index (Phi) is 6.18. The van der Waals surface area contributed by atoms with E-state index in [1.165, 1.54) is 6.20 Å². The predicted octanol–water partition coefficient (Wildman–Crippen LogP) is 4.62. The zero-order valence-electron chi connectivity index (χ0n) is 18.2. The monoisotopic (exact) mass is 442 g/mol. The summed E-state index contributed by atoms with van der Waals surface area (Å²) in [5.74, 6) is -0.507. The van der Waals surface area contributed by atoms with Crippen molar-refractivity contribution in [1.29, 1.82) is 5.26 Å². The molecule has 1 N–H and O–H groups in total. The van der Waals surface area contributed by atoms with Gasteiger partial charge < -0.3 is 10.2 Å². The number of nitrogens with one attached hydrogen (secondary N) is 1. The van der Waals surface area contributed by atoms with E-state index in [1.807, 2.05) is 13.0 Å². The largest absolute Gasteiger partial charge is 0.338 e. The minimum atomic E-state index is -1.53. The van der Waals surface area contributed by atoms with Crippen molar-refractivity contribution in [1.82, 2.24) is 9.88 Å². The van der Waals surface area contributed by atoms with Crippen LogP contribution in [0.25, 0.3) is 0 Å². The van der Waals surface area contributed by atoms with Gasteiger partial charge >= 0.3 is 0 Å². The summed E-state index contributed by atoms with van der Waals surface area (Å²) in [7, 11) is 0. The molecule has 7 heteroatoms. The molecule has 33 heavy (non-hydrogen) atoms. The van der Waals surface area contributed by atoms with E-state index in [4.69, 9.17) is 5.26 Å². The quantitative estimate of drug-likeness (QED) is 0.639. The number of aromatic nitrogens is 1. The van der Waals surface area contributed by atoms with E-state index in [-0.39, 0.29) is 37.7 Å². The van der Waals surface area contributed by atoms with Crippen LogP contribution >= 0.6 is 0 Å². The topological polar surface area (TPSA) is 86.1 Å². The number of aryl methyl sites for hydroxylation is 1. The van der Waals surface area contributed by atoms with E-state index in [9.17, 15) is 9.59 Å². The lowest BCUT2D eigenvalue weighted by molar-refractivity contribution is 0.0421. The fourth-order valence-corrected chi connectivity index (χ4v) is 3.96. The third-order valence-corrected chi connectivity index (χ3v) is 6.03. The van der Waals surface area contributed by atoms with Crippen LogP contribution in [0, 0.1) is 18.3 Å². The van der Waals surface area contributed by atoms with Crippen LogP contribution in [-0.2, 0) is 5.67 Å². The lowest BCUT2D eigenvalue weighted by atomic mass is 9.85. The molecule has 1 aliphatic rings. The van der Waals surface area contributed by atoms with Gasteiger partial charge in [0.15, 0.2) is 0 Å². The highest BCUT2D eigenvalue weighted by molar-refractivity contribution is 6.05. The highest BCUT2D eigenvalue weighted by Gasteiger charge is 2.37. The summed E-state index contributed by atoms with van der Waals surface area (Å²) in [4.78, 5) is 31.2. The number of nitriles is 1. The van der Waals surface area contributed by atoms with E-state index in [1.54, 1.807) is 65.7 Å². The molecular formula is C26H23FN4O2. The van der Waals surface area contributed by atoms with Gasteiger partial charge in [0.05, 0.1) is 17.2 Å². The van der Waals surface area contributed by atoms with Crippen molar-refractivity contribution in [2.45, 2.75) is 25.4 Å². The molecule has 0 spiro atoms. The number of carbonyl (C=O) groups is 2. The highest BCUT2D eigenvalue weighted by atomic mass is 19.1. The van der Waals surface area contributed by atoms with Gasteiger partial charge in [0.25, 0.3) is 11.8 Å². The number of carbonyl (C=O) groups excluding carboxylic acids is 2. The molecule has 2 heterocycles. The smallest absolute Gasteiger partial charge is 0.257 e. The molecule has 0 bridgehead atoms. The Bertz CT molecular complexity index is 1210. The van der Waals surface area contributed by atoms with E-state index in [2.05, 4.69) is 10.3 Å². The molecule has 1 fully saturated rings. The fraction of sp³-hybridized carbons (Fsp3) is 0.231. The number of nitrogens with zero attached hydrogens (tertiary/aromatic N) is 3. The SMILES string of the molecule is Cc1ccc(C(=O)N2CCC(F)(c3ccc(C#N)cc3)CC2)cc1NC(=O)c1cccnc1. The van der Waals surface area contributed by atoms with Crippen LogP contribution < -0.4 is 5.32 Å². The third-order valence-electron chi connectivity index (χ3n) is 6.03. The maximum atomic E-state index is 15.5. The van der Waals surface area contributed by atoms with Gasteiger partial charge in [0, 0.05) is 49.6 Å². The van der Waals surface area contributed by atoms with Gasteiger partial charge in [-0.1, -0.05) is 18.2 Å². The van der Waals surface area contributed by atoms with Crippen LogP contribution in [0.5, 0.6) is 0 Å². The van der Waals surface area contributed by atoms with Crippen molar-refractivity contribution in [2.75, 3.05) is 18.4 Å². The van der Waals surface area contributed by atoms with Crippen molar-refractivity contribution < 1.29 is 14.0 Å². The third kappa shape index (κ3) is 4.75. The number of halogens is 1. The van der Waals surface area contributed by atoms with E-state index < -0.39 is 5.67 Å². The summed E-state index contributed by atoms with van der Waals surface area (Å²) in [6.07, 6.45) is 3.43. The number of benzene rings is 2. The molecule has 2 amide bonds. The number of rotatable bonds is 4. The Labute approximate surface area is 191 Å². The second kappa shape index (κ2) is 9.21. The van der Waals surface area contributed by atoms with Crippen molar-refractivity contribution in [2.24, 2.45) is 0 Å². The van der Waals surface area contributed by atoms with Crippen molar-refractivity contribution in [3.8, 4) is 6.07 Å². The van der Waals surface area contributed by atoms with Crippen LogP contribution in [0.4, 0.5) is 10.1 Å². The Morgan fingerprint density at radius 3 is 2.45 bits per heavy atom. The molecule has 1 saturated heterocycles. The number of piperidine rings is 1. The molecule has 0 saturated carbocycles. The van der Waals surface area contributed by atoms with Gasteiger partial charge in [-0.15, -0.1) is 0 Å². The van der Waals surface area contributed by atoms with Gasteiger partial charge in [0.2, 0.25) is 0 Å². The molecule has 166 valence electrons. The summed E-state index contributed by atoms with van der Waals surface area (Å²) in [6.45, 7) is 2.41. The minimum Gasteiger partial charge on any atom is -0.338 e. The van der Waals surface area contributed by atoms with Crippen LogP contribution in [-0.4, -0.2) is 34.8 Å². The standard InChI is InChI=1S/C26H23FN4O2/c1-18-4-7-20(15-23(18)30-24(32)21-3-2-12-29-17-21)25(33)31-13-10-26(27,11-14-31)22-8-5-19(16-28)6-9-22/h2-9,12,15,17H,10-11,13-14H2,1H3,(H,30,32). The molecule has 0 aliphatic carbocycles. The lowest BCUT2D eigenvalue weighted by Gasteiger charge is -2.37. The maximum Gasteiger partial charge on any atom is 0.257 e. The molecule has 0 unspecified atom stereocenters. The predicted molar refractivity (Wildman–Crippen MR) is 122 cm³/mol. The molecule has 0 atom stereocenters. The van der Waals surface area contributed by atoms with Crippen molar-refractivity contribution in [3.63, 3.8) is 0 Å². The molecule has 3 aromatic rings. The maximum absolute atomic E-state index is 15.5. The summed E-state index contributed by atoms with van der Waals surface area (Å²) < 4.78 is 15.5. The first-order valence-corrected chi connectivity index (χ1v) is 10.7. The normalized spacial score (nSPS) is 14.9. The number of alkyl halides is 1. The number of pyridine rings is 1. The van der Waals surface area contributed by atoms with Crippen molar-refractivity contribution >= 4 is 17.5 Å². The molecule has 0 radical (unpaired) electrons. The van der Waals surface area contributed by atoms with Gasteiger partial charge in [-0.25, -0.2) is 4.39 Å². The zero-order valence-corrected chi connectivity index (χ0v) is 18.2. The highest BCUT2D eigenvalue weighted by Crippen LogP contribution is 2.37. The van der Waals surface area contributed by atoms with Crippen LogP contribution in [0.1, 0.15) is 50.2 Å². The number of hydrogen-bond donors (Lipinski definition) is 1. The second-order valence-electron chi connectivity index (χ2n) is 8.17. The summed E-state index contributed by atoms with van der Waals surface area (Å²) in [5, 5.41) is 11.8. The first-order valence-electron chi connectivity index (χ1n) is 10.7. The van der Waals surface area contributed by atoms with Gasteiger partial charge in [0.1, 0.15) is 5.67 Å². The zero-order chi connectivity index (χ0) is 23.4. The summed E-state index contributed by atoms with van der Waals surface area (Å²) in [5.41, 5.74) is 1.72. The second-order valence-corrected chi connectivity index (χ2v) is 8.17. The number of anilines is 1. The Morgan fingerprint density at radius 2 is 1.82 bits per heavy atom. The number of likely N-dealkylation sites (tertiary alicyclic amines) is 1. The molecule has 1 aromatic heterocycles. The van der Waals surface area contributed by atoms with Gasteiger partial charge in [-0.05, 0) is 54.4 Å². The Balaban J connectivity index is 1.45. The molecular weight excluding hydrogens is 419 g/mol. The minimum absolute atomic E-state index is 0.182. The average Bonchev–Trinajstić information content (AvgIpc) is 2.86. The Hall–Kier alpha value is -4.05. The first-order chi connectivity index (χ1) is 15.9. The van der Waals surface area contributed by atoms with Crippen LogP contribution in [0.2, 0.25) is 0 Å². The van der Waals surface area contributed by atoms with E-state index in [0.717, 1.165) is 5.56 Å². The number of hydrogen-bond acceptors (Lipinski definition) is 4. The van der Waals surface area contributed by atoms with Crippen LogP contribution in [0.3, 0.4) is 0 Å². The molecule has 1 aliphatic heterocycles. The molecule has 2 aromatic carbocycles. The number of amides is 2. The molecule has 6 nitrogen and oxygen atoms in total. The van der Waals surface area contributed by atoms with Gasteiger partial charge in [-0.2, -0.15) is 5.26 Å². The average molecular weight is 442 g/mol. The van der Waals surface area contributed by atoms with Crippen molar-refractivity contribution in [3.05, 3.63) is 94.8 Å². The van der Waals surface area contributed by atoms with E-state index in [0.29, 0.717) is 27.9 Å². The summed E-state index contributed by atoms with van der Waals surface area (Å²) in [6, 6.07) is 17.1. The lowest BCUT2D eigenvalue weighted by Crippen LogP contribution is -2.43. The van der Waals surface area contributed by atoms with E-state index >= 15 is 4.39 Å². The molecule has 4 rings (SSSR count).